The first kappa shape index (κ1) is 21.1. The van der Waals surface area contributed by atoms with Crippen molar-refractivity contribution in [2.24, 2.45) is 11.7 Å². The zero-order valence-electron chi connectivity index (χ0n) is 16.2. The zero-order chi connectivity index (χ0) is 21.0. The molecule has 3 rings (SSSR count). The van der Waals surface area contributed by atoms with Gasteiger partial charge in [0.25, 0.3) is 5.91 Å². The van der Waals surface area contributed by atoms with Crippen LogP contribution in [0.25, 0.3) is 0 Å². The average molecular weight is 423 g/mol. The van der Waals surface area contributed by atoms with Crippen molar-refractivity contribution in [3.8, 4) is 5.75 Å². The molecule has 1 fully saturated rings. The largest absolute Gasteiger partial charge is 0.490 e. The van der Waals surface area contributed by atoms with Crippen LogP contribution in [0.5, 0.6) is 5.75 Å². The molecule has 0 bridgehead atoms. The number of carbonyl (C=O) groups excluding carboxylic acids is 2. The topological polar surface area (TPSA) is 90.5 Å². The van der Waals surface area contributed by atoms with Gasteiger partial charge in [-0.1, -0.05) is 18.5 Å². The van der Waals surface area contributed by atoms with E-state index in [4.69, 9.17) is 22.1 Å². The van der Waals surface area contributed by atoms with Gasteiger partial charge in [-0.15, -0.1) is 0 Å². The average Bonchev–Trinajstić information content (AvgIpc) is 3.04. The molecule has 0 aliphatic carbocycles. The standard InChI is InChI=1S/C20H24ClFN4O3/c1-2-8-26-12-16(21)19(24-26)20(28)25-9-7-17(13(11-25)10-18(23)27)29-15-5-3-14(22)4-6-15/h3-6,12-13,17H,2,7-11H2,1H3,(H2,23,27)/t13-,17-/m0/s1. The van der Waals surface area contributed by atoms with Gasteiger partial charge in [-0.2, -0.15) is 5.10 Å². The van der Waals surface area contributed by atoms with Crippen LogP contribution in [-0.2, 0) is 11.3 Å². The summed E-state index contributed by atoms with van der Waals surface area (Å²) in [4.78, 5) is 26.1. The number of hydrogen-bond acceptors (Lipinski definition) is 4. The zero-order valence-corrected chi connectivity index (χ0v) is 16.9. The molecule has 1 aromatic carbocycles. The Labute approximate surface area is 173 Å². The summed E-state index contributed by atoms with van der Waals surface area (Å²) in [6.45, 7) is 3.41. The lowest BCUT2D eigenvalue weighted by atomic mass is 9.91. The summed E-state index contributed by atoms with van der Waals surface area (Å²) in [5.41, 5.74) is 5.61. The molecule has 0 saturated carbocycles. The van der Waals surface area contributed by atoms with E-state index in [0.29, 0.717) is 36.8 Å². The Hall–Kier alpha value is -2.61. The number of nitrogens with zero attached hydrogens (tertiary/aromatic N) is 3. The van der Waals surface area contributed by atoms with Crippen LogP contribution in [0.4, 0.5) is 4.39 Å². The van der Waals surface area contributed by atoms with E-state index in [1.54, 1.807) is 15.8 Å². The van der Waals surface area contributed by atoms with E-state index in [1.165, 1.54) is 24.3 Å². The second-order valence-corrected chi connectivity index (χ2v) is 7.58. The molecule has 7 nitrogen and oxygen atoms in total. The molecule has 1 aliphatic rings. The minimum Gasteiger partial charge on any atom is -0.490 e. The fourth-order valence-corrected chi connectivity index (χ4v) is 3.76. The highest BCUT2D eigenvalue weighted by Gasteiger charge is 2.35. The predicted molar refractivity (Wildman–Crippen MR) is 106 cm³/mol. The van der Waals surface area contributed by atoms with Gasteiger partial charge >= 0.3 is 0 Å². The van der Waals surface area contributed by atoms with Gasteiger partial charge in [0.1, 0.15) is 17.7 Å². The number of aryl methyl sites for hydroxylation is 1. The summed E-state index contributed by atoms with van der Waals surface area (Å²) < 4.78 is 20.7. The van der Waals surface area contributed by atoms with Gasteiger partial charge in [-0.25, -0.2) is 4.39 Å². The van der Waals surface area contributed by atoms with E-state index < -0.39 is 5.91 Å². The quantitative estimate of drug-likeness (QED) is 0.742. The van der Waals surface area contributed by atoms with Gasteiger partial charge in [0.05, 0.1) is 5.02 Å². The van der Waals surface area contributed by atoms with E-state index >= 15 is 0 Å². The van der Waals surface area contributed by atoms with Gasteiger partial charge in [0.2, 0.25) is 5.91 Å². The summed E-state index contributed by atoms with van der Waals surface area (Å²) in [5.74, 6) is -0.883. The van der Waals surface area contributed by atoms with Crippen molar-refractivity contribution in [3.05, 3.63) is 47.0 Å². The lowest BCUT2D eigenvalue weighted by molar-refractivity contribution is -0.120. The number of benzene rings is 1. The Morgan fingerprint density at radius 2 is 2.07 bits per heavy atom. The molecule has 2 N–H and O–H groups in total. The molecule has 1 aliphatic heterocycles. The summed E-state index contributed by atoms with van der Waals surface area (Å²) in [6, 6.07) is 5.69. The molecule has 0 spiro atoms. The Morgan fingerprint density at radius 3 is 2.72 bits per heavy atom. The molecule has 2 amide bonds. The lowest BCUT2D eigenvalue weighted by Crippen LogP contribution is -2.49. The first-order valence-corrected chi connectivity index (χ1v) is 9.98. The van der Waals surface area contributed by atoms with Crippen LogP contribution in [0, 0.1) is 11.7 Å². The number of carbonyl (C=O) groups is 2. The molecule has 29 heavy (non-hydrogen) atoms. The van der Waals surface area contributed by atoms with Crippen molar-refractivity contribution in [1.82, 2.24) is 14.7 Å². The van der Waals surface area contributed by atoms with Crippen molar-refractivity contribution < 1.29 is 18.7 Å². The number of piperidine rings is 1. The van der Waals surface area contributed by atoms with Gasteiger partial charge < -0.3 is 15.4 Å². The molecule has 2 atom stereocenters. The fraction of sp³-hybridized carbons (Fsp3) is 0.450. The third-order valence-electron chi connectivity index (χ3n) is 4.89. The summed E-state index contributed by atoms with van der Waals surface area (Å²) in [5, 5.41) is 4.60. The molecule has 1 saturated heterocycles. The normalized spacial score (nSPS) is 19.2. The highest BCUT2D eigenvalue weighted by molar-refractivity contribution is 6.33. The number of aromatic nitrogens is 2. The summed E-state index contributed by atoms with van der Waals surface area (Å²) in [7, 11) is 0. The van der Waals surface area contributed by atoms with E-state index in [1.807, 2.05) is 6.92 Å². The molecule has 1 aromatic heterocycles. The number of halogens is 2. The highest BCUT2D eigenvalue weighted by Crippen LogP contribution is 2.27. The predicted octanol–water partition coefficient (Wildman–Crippen LogP) is 2.87. The minimum atomic E-state index is -0.470. The first-order valence-electron chi connectivity index (χ1n) is 9.60. The Balaban J connectivity index is 1.72. The molecule has 2 heterocycles. The Bertz CT molecular complexity index is 871. The number of nitrogens with two attached hydrogens (primary N) is 1. The van der Waals surface area contributed by atoms with Crippen LogP contribution in [0.2, 0.25) is 5.02 Å². The maximum atomic E-state index is 13.1. The maximum absolute atomic E-state index is 13.1. The van der Waals surface area contributed by atoms with Crippen LogP contribution >= 0.6 is 11.6 Å². The number of rotatable bonds is 7. The molecule has 0 unspecified atom stereocenters. The third kappa shape index (κ3) is 5.26. The number of likely N-dealkylation sites (tertiary alicyclic amines) is 1. The summed E-state index contributed by atoms with van der Waals surface area (Å²) in [6.07, 6.45) is 2.79. The minimum absolute atomic E-state index is 0.0770. The van der Waals surface area contributed by atoms with E-state index in [9.17, 15) is 14.0 Å². The van der Waals surface area contributed by atoms with E-state index in [0.717, 1.165) is 6.42 Å². The molecule has 156 valence electrons. The monoisotopic (exact) mass is 422 g/mol. The third-order valence-corrected chi connectivity index (χ3v) is 5.16. The van der Waals surface area contributed by atoms with E-state index in [-0.39, 0.29) is 35.9 Å². The number of ether oxygens (including phenoxy) is 1. The second kappa shape index (κ2) is 9.26. The summed E-state index contributed by atoms with van der Waals surface area (Å²) >= 11 is 6.20. The van der Waals surface area contributed by atoms with Crippen LogP contribution < -0.4 is 10.5 Å². The van der Waals surface area contributed by atoms with E-state index in [2.05, 4.69) is 5.10 Å². The van der Waals surface area contributed by atoms with Gasteiger partial charge in [0.15, 0.2) is 5.69 Å². The van der Waals surface area contributed by atoms with Crippen molar-refractivity contribution >= 4 is 23.4 Å². The van der Waals surface area contributed by atoms with Crippen LogP contribution in [0.1, 0.15) is 36.7 Å². The Morgan fingerprint density at radius 1 is 1.34 bits per heavy atom. The molecule has 2 aromatic rings. The van der Waals surface area contributed by atoms with Crippen LogP contribution in [0.3, 0.4) is 0 Å². The number of primary amides is 1. The first-order chi connectivity index (χ1) is 13.9. The smallest absolute Gasteiger partial charge is 0.275 e. The number of hydrogen-bond donors (Lipinski definition) is 1. The second-order valence-electron chi connectivity index (χ2n) is 7.17. The highest BCUT2D eigenvalue weighted by atomic mass is 35.5. The molecule has 9 heteroatoms. The molecular formula is C20H24ClFN4O3. The Kier molecular flexibility index (Phi) is 6.74. The van der Waals surface area contributed by atoms with Gasteiger partial charge in [0, 0.05) is 44.6 Å². The van der Waals surface area contributed by atoms with Gasteiger partial charge in [-0.3, -0.25) is 14.3 Å². The maximum Gasteiger partial charge on any atom is 0.275 e. The van der Waals surface area contributed by atoms with Gasteiger partial charge in [-0.05, 0) is 30.7 Å². The number of amides is 2. The molecular weight excluding hydrogens is 399 g/mol. The van der Waals surface area contributed by atoms with Crippen molar-refractivity contribution in [2.75, 3.05) is 13.1 Å². The van der Waals surface area contributed by atoms with Crippen molar-refractivity contribution in [1.29, 1.82) is 0 Å². The van der Waals surface area contributed by atoms with Crippen LogP contribution in [0.15, 0.2) is 30.5 Å². The van der Waals surface area contributed by atoms with Crippen LogP contribution in [-0.4, -0.2) is 45.7 Å². The molecule has 0 radical (unpaired) electrons. The lowest BCUT2D eigenvalue weighted by Gasteiger charge is -2.38. The fourth-order valence-electron chi connectivity index (χ4n) is 3.53. The van der Waals surface area contributed by atoms with Crippen molar-refractivity contribution in [2.45, 2.75) is 38.8 Å². The van der Waals surface area contributed by atoms with Crippen molar-refractivity contribution in [3.63, 3.8) is 0 Å². The SMILES string of the molecule is CCCn1cc(Cl)c(C(=O)N2CC[C@H](Oc3ccc(F)cc3)[C@@H](CC(N)=O)C2)n1.